The SMILES string of the molecule is CCc1nc2cc3c4c(c5ccccc5cc4c2o1)C(c1ccccc1)=C(c1ccccc1)O3. The Kier molecular flexibility index (Phi) is 4.12. The Hall–Kier alpha value is -4.37. The van der Waals surface area contributed by atoms with Crippen molar-refractivity contribution >= 4 is 44.0 Å². The first-order valence-corrected chi connectivity index (χ1v) is 11.6. The number of oxazole rings is 1. The first-order valence-electron chi connectivity index (χ1n) is 11.6. The number of rotatable bonds is 3. The predicted molar refractivity (Wildman–Crippen MR) is 138 cm³/mol. The summed E-state index contributed by atoms with van der Waals surface area (Å²) in [5.74, 6) is 2.41. The summed E-state index contributed by atoms with van der Waals surface area (Å²) in [7, 11) is 0. The summed E-state index contributed by atoms with van der Waals surface area (Å²) < 4.78 is 13.0. The van der Waals surface area contributed by atoms with Crippen LogP contribution in [0.1, 0.15) is 29.5 Å². The third kappa shape index (κ3) is 2.74. The molecule has 0 N–H and O–H groups in total. The van der Waals surface area contributed by atoms with Crippen LogP contribution in [-0.4, -0.2) is 4.98 Å². The van der Waals surface area contributed by atoms with Crippen molar-refractivity contribution in [3.63, 3.8) is 0 Å². The molecule has 162 valence electrons. The lowest BCUT2D eigenvalue weighted by molar-refractivity contribution is 0.520. The maximum atomic E-state index is 6.75. The first-order chi connectivity index (χ1) is 16.8. The van der Waals surface area contributed by atoms with E-state index in [0.29, 0.717) is 0 Å². The maximum Gasteiger partial charge on any atom is 0.195 e. The predicted octanol–water partition coefficient (Wildman–Crippen LogP) is 8.01. The summed E-state index contributed by atoms with van der Waals surface area (Å²) in [5, 5.41) is 4.47. The van der Waals surface area contributed by atoms with Crippen LogP contribution in [0.15, 0.2) is 101 Å². The van der Waals surface area contributed by atoms with E-state index in [1.54, 1.807) is 0 Å². The molecule has 7 rings (SSSR count). The second-order valence-corrected chi connectivity index (χ2v) is 8.62. The fourth-order valence-electron chi connectivity index (χ4n) is 5.09. The highest BCUT2D eigenvalue weighted by molar-refractivity contribution is 6.23. The van der Waals surface area contributed by atoms with Crippen LogP contribution in [-0.2, 0) is 6.42 Å². The molecule has 1 aromatic heterocycles. The van der Waals surface area contributed by atoms with Crippen molar-refractivity contribution in [1.82, 2.24) is 4.98 Å². The molecule has 0 radical (unpaired) electrons. The molecule has 0 bridgehead atoms. The molecule has 2 heterocycles. The molecule has 0 aliphatic carbocycles. The largest absolute Gasteiger partial charge is 0.455 e. The van der Waals surface area contributed by atoms with Gasteiger partial charge in [0.15, 0.2) is 11.5 Å². The van der Waals surface area contributed by atoms with Crippen LogP contribution in [0.25, 0.3) is 44.0 Å². The van der Waals surface area contributed by atoms with Crippen molar-refractivity contribution in [3.05, 3.63) is 120 Å². The highest BCUT2D eigenvalue weighted by Crippen LogP contribution is 2.50. The minimum atomic E-state index is 0.738. The second-order valence-electron chi connectivity index (χ2n) is 8.62. The van der Waals surface area contributed by atoms with Gasteiger partial charge in [0.2, 0.25) is 0 Å². The van der Waals surface area contributed by atoms with Crippen molar-refractivity contribution in [2.45, 2.75) is 13.3 Å². The quantitative estimate of drug-likeness (QED) is 0.262. The minimum Gasteiger partial charge on any atom is -0.455 e. The number of fused-ring (bicyclic) bond motifs is 4. The van der Waals surface area contributed by atoms with E-state index in [4.69, 9.17) is 14.1 Å². The summed E-state index contributed by atoms with van der Waals surface area (Å²) in [6.07, 6.45) is 0.746. The second kappa shape index (κ2) is 7.32. The molecule has 0 spiro atoms. The molecule has 3 heteroatoms. The van der Waals surface area contributed by atoms with E-state index < -0.39 is 0 Å². The van der Waals surface area contributed by atoms with Crippen molar-refractivity contribution in [2.75, 3.05) is 0 Å². The van der Waals surface area contributed by atoms with Gasteiger partial charge in [0.05, 0.1) is 0 Å². The van der Waals surface area contributed by atoms with E-state index in [9.17, 15) is 0 Å². The number of benzene rings is 5. The average Bonchev–Trinajstić information content (AvgIpc) is 3.33. The topological polar surface area (TPSA) is 35.3 Å². The van der Waals surface area contributed by atoms with Gasteiger partial charge in [0, 0.05) is 40.0 Å². The molecular weight excluding hydrogens is 418 g/mol. The summed E-state index contributed by atoms with van der Waals surface area (Å²) >= 11 is 0. The molecule has 0 saturated carbocycles. The Morgan fingerprint density at radius 1 is 0.735 bits per heavy atom. The molecule has 5 aromatic carbocycles. The normalized spacial score (nSPS) is 13.1. The fraction of sp³-hybridized carbons (Fsp3) is 0.0645. The molecule has 0 saturated heterocycles. The van der Waals surface area contributed by atoms with Crippen LogP contribution in [0.4, 0.5) is 0 Å². The Balaban J connectivity index is 1.71. The summed E-state index contributed by atoms with van der Waals surface area (Å²) in [5.41, 5.74) is 6.09. The molecule has 34 heavy (non-hydrogen) atoms. The molecule has 0 amide bonds. The van der Waals surface area contributed by atoms with Crippen molar-refractivity contribution in [1.29, 1.82) is 0 Å². The van der Waals surface area contributed by atoms with Gasteiger partial charge in [-0.3, -0.25) is 0 Å². The smallest absolute Gasteiger partial charge is 0.195 e. The molecule has 1 aliphatic heterocycles. The molecular formula is C31H21NO2. The van der Waals surface area contributed by atoms with E-state index in [2.05, 4.69) is 85.8 Å². The lowest BCUT2D eigenvalue weighted by Gasteiger charge is -2.26. The standard InChI is InChI=1S/C31H21NO2/c1-2-26-32-24-18-25-28-23(31(24)34-26)17-21-15-9-10-16-22(21)29(28)27(19-11-5-3-6-12-19)30(33-25)20-13-7-4-8-14-20/h3-18H,2H2,1H3. The molecule has 0 unspecified atom stereocenters. The molecule has 6 aromatic rings. The van der Waals surface area contributed by atoms with Gasteiger partial charge in [0.1, 0.15) is 17.0 Å². The van der Waals surface area contributed by atoms with E-state index in [0.717, 1.165) is 62.4 Å². The monoisotopic (exact) mass is 439 g/mol. The summed E-state index contributed by atoms with van der Waals surface area (Å²) in [4.78, 5) is 4.74. The Bertz CT molecular complexity index is 1750. The van der Waals surface area contributed by atoms with Crippen LogP contribution < -0.4 is 4.74 Å². The first kappa shape index (κ1) is 19.1. The van der Waals surface area contributed by atoms with Crippen molar-refractivity contribution in [3.8, 4) is 5.75 Å². The number of nitrogens with zero attached hydrogens (tertiary/aromatic N) is 1. The zero-order valence-corrected chi connectivity index (χ0v) is 18.7. The van der Waals surface area contributed by atoms with E-state index in [1.165, 1.54) is 16.3 Å². The molecule has 0 atom stereocenters. The van der Waals surface area contributed by atoms with Gasteiger partial charge in [-0.15, -0.1) is 0 Å². The highest BCUT2D eigenvalue weighted by Gasteiger charge is 2.29. The highest BCUT2D eigenvalue weighted by atomic mass is 16.5. The van der Waals surface area contributed by atoms with E-state index in [-0.39, 0.29) is 0 Å². The van der Waals surface area contributed by atoms with Crippen LogP contribution in [0.2, 0.25) is 0 Å². The Labute approximate surface area is 196 Å². The Morgan fingerprint density at radius 2 is 1.44 bits per heavy atom. The van der Waals surface area contributed by atoms with Gasteiger partial charge in [-0.1, -0.05) is 91.9 Å². The van der Waals surface area contributed by atoms with Gasteiger partial charge in [-0.25, -0.2) is 4.98 Å². The molecule has 1 aliphatic rings. The molecule has 0 fully saturated rings. The van der Waals surface area contributed by atoms with Gasteiger partial charge >= 0.3 is 0 Å². The number of aromatic nitrogens is 1. The number of hydrogen-bond donors (Lipinski definition) is 0. The van der Waals surface area contributed by atoms with Crippen LogP contribution in [0.5, 0.6) is 5.75 Å². The van der Waals surface area contributed by atoms with Gasteiger partial charge < -0.3 is 9.15 Å². The maximum absolute atomic E-state index is 6.75. The third-order valence-corrected chi connectivity index (χ3v) is 6.60. The number of aryl methyl sites for hydroxylation is 1. The van der Waals surface area contributed by atoms with E-state index >= 15 is 0 Å². The zero-order chi connectivity index (χ0) is 22.6. The van der Waals surface area contributed by atoms with Crippen LogP contribution >= 0.6 is 0 Å². The van der Waals surface area contributed by atoms with E-state index in [1.807, 2.05) is 18.2 Å². The Morgan fingerprint density at radius 3 is 2.21 bits per heavy atom. The summed E-state index contributed by atoms with van der Waals surface area (Å²) in [6, 6.07) is 33.7. The summed E-state index contributed by atoms with van der Waals surface area (Å²) in [6.45, 7) is 2.06. The number of hydrogen-bond acceptors (Lipinski definition) is 3. The van der Waals surface area contributed by atoms with Gasteiger partial charge in [0.25, 0.3) is 0 Å². The fourth-order valence-corrected chi connectivity index (χ4v) is 5.09. The van der Waals surface area contributed by atoms with Crippen LogP contribution in [0, 0.1) is 0 Å². The third-order valence-electron chi connectivity index (χ3n) is 6.60. The minimum absolute atomic E-state index is 0.738. The number of ether oxygens (including phenoxy) is 1. The lowest BCUT2D eigenvalue weighted by Crippen LogP contribution is -2.08. The van der Waals surface area contributed by atoms with Crippen molar-refractivity contribution < 1.29 is 9.15 Å². The van der Waals surface area contributed by atoms with Gasteiger partial charge in [-0.05, 0) is 22.4 Å². The average molecular weight is 440 g/mol. The van der Waals surface area contributed by atoms with Gasteiger partial charge in [-0.2, -0.15) is 0 Å². The lowest BCUT2D eigenvalue weighted by atomic mass is 9.85. The molecule has 3 nitrogen and oxygen atoms in total. The van der Waals surface area contributed by atoms with Crippen molar-refractivity contribution in [2.24, 2.45) is 0 Å². The zero-order valence-electron chi connectivity index (χ0n) is 18.7. The van der Waals surface area contributed by atoms with Crippen LogP contribution in [0.3, 0.4) is 0 Å².